The standard InChI is InChI=1S/C41H34N3O.C24H28NSi.Ir/c1-24-18-29(41(3,4)5)14-15-30(24)31-21-34(42-23-25(31)2)28-13-16-37-33(19-28)39-32-22-36-35(20-27(32)12-17-38(39)45-37)43-40(44(36)6)26-10-8-7-9-11-26;1-17(2)21-15-23(25-16-24(21)26(4,5)6)20-13-12-18(3)22(14-20)19-10-8-7-9-11-19;/h7-12,14-23H,1-6H3;7-12,14-17H,1-6H3;/q2*-1;/i1D3,2D3;3D3,17D;. The van der Waals surface area contributed by atoms with Gasteiger partial charge in [0, 0.05) is 64.2 Å². The molecule has 0 aliphatic heterocycles. The van der Waals surface area contributed by atoms with Gasteiger partial charge in [-0.1, -0.05) is 175 Å². The number of fused-ring (bicyclic) bond motifs is 6. The maximum Gasteiger partial charge on any atom is 0.140 e. The predicted octanol–water partition coefficient (Wildman–Crippen LogP) is 16.9. The van der Waals surface area contributed by atoms with Crippen LogP contribution >= 0.6 is 0 Å². The molecule has 0 aliphatic carbocycles. The number of imidazole rings is 1. The topological polar surface area (TPSA) is 56.7 Å². The Kier molecular flexibility index (Phi) is 10.6. The van der Waals surface area contributed by atoms with Gasteiger partial charge in [-0.3, -0.25) is 0 Å². The van der Waals surface area contributed by atoms with Crippen LogP contribution in [0, 0.1) is 32.7 Å². The first-order valence-corrected chi connectivity index (χ1v) is 27.4. The van der Waals surface area contributed by atoms with Crippen molar-refractivity contribution in [3.05, 3.63) is 192 Å². The zero-order valence-corrected chi connectivity index (χ0v) is 45.4. The van der Waals surface area contributed by atoms with E-state index in [0.717, 1.165) is 71.8 Å². The Balaban J connectivity index is 0.000000224. The third-order valence-electron chi connectivity index (χ3n) is 13.3. The summed E-state index contributed by atoms with van der Waals surface area (Å²) in [6.45, 7) is 9.36. The molecule has 0 N–H and O–H groups in total. The van der Waals surface area contributed by atoms with Gasteiger partial charge in [-0.25, -0.2) is 4.98 Å². The molecular formula is C65H62IrN4OSi-2. The molecule has 0 saturated carbocycles. The second-order valence-electron chi connectivity index (χ2n) is 20.6. The molecule has 1 radical (unpaired) electrons. The van der Waals surface area contributed by atoms with Crippen molar-refractivity contribution >= 4 is 57.0 Å². The number of benzene rings is 7. The monoisotopic (exact) mass is 1150 g/mol. The van der Waals surface area contributed by atoms with E-state index in [9.17, 15) is 0 Å². The summed E-state index contributed by atoms with van der Waals surface area (Å²) in [4.78, 5) is 14.3. The maximum atomic E-state index is 8.66. The first-order chi connectivity index (χ1) is 37.9. The Morgan fingerprint density at radius 1 is 0.653 bits per heavy atom. The zero-order valence-electron chi connectivity index (χ0n) is 52.0. The van der Waals surface area contributed by atoms with Gasteiger partial charge in [-0.2, -0.15) is 0 Å². The fraction of sp³-hybridized carbons (Fsp3) is 0.215. The van der Waals surface area contributed by atoms with E-state index in [1.54, 1.807) is 30.3 Å². The first kappa shape index (κ1) is 38.9. The number of furan rings is 1. The number of pyridine rings is 2. The van der Waals surface area contributed by atoms with E-state index in [0.29, 0.717) is 39.2 Å². The summed E-state index contributed by atoms with van der Waals surface area (Å²) < 4.78 is 90.9. The zero-order chi connectivity index (χ0) is 58.4. The van der Waals surface area contributed by atoms with Gasteiger partial charge in [0.2, 0.25) is 0 Å². The Morgan fingerprint density at radius 2 is 1.33 bits per heavy atom. The molecule has 363 valence electrons. The first-order valence-electron chi connectivity index (χ1n) is 28.9. The average molecular weight is 1150 g/mol. The molecule has 4 heterocycles. The summed E-state index contributed by atoms with van der Waals surface area (Å²) in [7, 11) is 0.343. The molecule has 0 amide bonds. The predicted molar refractivity (Wildman–Crippen MR) is 302 cm³/mol. The number of hydrogen-bond acceptors (Lipinski definition) is 4. The summed E-state index contributed by atoms with van der Waals surface area (Å²) in [5.41, 5.74) is 10.8. The van der Waals surface area contributed by atoms with Crippen LogP contribution in [0.2, 0.25) is 19.6 Å². The van der Waals surface area contributed by atoms with Crippen LogP contribution in [0.3, 0.4) is 0 Å². The van der Waals surface area contributed by atoms with E-state index in [-0.39, 0.29) is 42.2 Å². The van der Waals surface area contributed by atoms with Gasteiger partial charge in [0.25, 0.3) is 0 Å². The molecule has 0 spiro atoms. The third kappa shape index (κ3) is 9.66. The van der Waals surface area contributed by atoms with Crippen molar-refractivity contribution in [3.63, 3.8) is 0 Å². The molecular weight excluding hydrogens is 1070 g/mol. The second kappa shape index (κ2) is 19.7. The quantitative estimate of drug-likeness (QED) is 0.118. The van der Waals surface area contributed by atoms with Crippen molar-refractivity contribution in [2.24, 2.45) is 7.05 Å². The number of rotatable bonds is 7. The molecule has 72 heavy (non-hydrogen) atoms. The van der Waals surface area contributed by atoms with Crippen LogP contribution in [-0.2, 0) is 32.6 Å². The van der Waals surface area contributed by atoms with E-state index < -0.39 is 34.5 Å². The van der Waals surface area contributed by atoms with Crippen molar-refractivity contribution in [3.8, 4) is 56.2 Å². The summed E-state index contributed by atoms with van der Waals surface area (Å²) in [5.74, 6) is 0.122. The Morgan fingerprint density at radius 3 is 2.03 bits per heavy atom. The third-order valence-corrected chi connectivity index (χ3v) is 15.3. The fourth-order valence-electron chi connectivity index (χ4n) is 9.40. The maximum absolute atomic E-state index is 8.66. The van der Waals surface area contributed by atoms with Gasteiger partial charge in [0.15, 0.2) is 0 Å². The van der Waals surface area contributed by atoms with Crippen molar-refractivity contribution in [2.75, 3.05) is 0 Å². The minimum absolute atomic E-state index is 0. The summed E-state index contributed by atoms with van der Waals surface area (Å²) >= 11 is 0. The van der Waals surface area contributed by atoms with Crippen LogP contribution in [0.4, 0.5) is 0 Å². The molecule has 0 aliphatic rings. The van der Waals surface area contributed by atoms with Crippen LogP contribution in [0.25, 0.3) is 99.9 Å². The summed E-state index contributed by atoms with van der Waals surface area (Å²) in [5, 5.41) is 4.99. The molecule has 0 unspecified atom stereocenters. The van der Waals surface area contributed by atoms with Gasteiger partial charge in [0.1, 0.15) is 11.4 Å². The molecule has 11 aromatic rings. The Labute approximate surface area is 453 Å². The Hall–Kier alpha value is -6.76. The smallest absolute Gasteiger partial charge is 0.140 e. The molecule has 0 bridgehead atoms. The molecule has 0 saturated heterocycles. The minimum Gasteiger partial charge on any atom is -0.500 e. The van der Waals surface area contributed by atoms with E-state index in [1.807, 2.05) is 133 Å². The minimum atomic E-state index is -2.53. The normalized spacial score (nSPS) is 14.6. The summed E-state index contributed by atoms with van der Waals surface area (Å²) in [6.07, 6.45) is 3.24. The Bertz CT molecular complexity index is 4210. The van der Waals surface area contributed by atoms with Crippen molar-refractivity contribution in [1.29, 1.82) is 0 Å². The number of aryl methyl sites for hydroxylation is 4. The van der Waals surface area contributed by atoms with Crippen LogP contribution in [0.5, 0.6) is 0 Å². The SMILES string of the molecule is [2H]C([2H])([2H])c1c[c-]c(-c2cc(C([2H])(C)C)c([Si](C)(C)C)cn2)cc1-c1ccccc1.[2H]C([2H])([2H])c1cnc(-c2[c-]cc3oc4ccc5cc6nc(-c7ccccc7)n(C)c6cc5c4c3c2)cc1-c1ccc(C(C)(C)C)cc1C([2H])([2H])[2H].[Ir]. The molecule has 5 nitrogen and oxygen atoms in total. The van der Waals surface area contributed by atoms with Crippen molar-refractivity contribution in [2.45, 2.75) is 86.1 Å². The van der Waals surface area contributed by atoms with Crippen LogP contribution in [0.15, 0.2) is 156 Å². The average Bonchev–Trinajstić information content (AvgIpc) is 3.73. The number of aromatic nitrogens is 4. The van der Waals surface area contributed by atoms with Crippen molar-refractivity contribution < 1.29 is 38.2 Å². The van der Waals surface area contributed by atoms with E-state index in [4.69, 9.17) is 28.1 Å². The molecule has 0 atom stereocenters. The van der Waals surface area contributed by atoms with E-state index in [2.05, 4.69) is 65.6 Å². The largest absolute Gasteiger partial charge is 0.500 e. The molecule has 7 heteroatoms. The number of hydrogen-bond donors (Lipinski definition) is 0. The van der Waals surface area contributed by atoms with Gasteiger partial charge in [-0.15, -0.1) is 53.1 Å². The molecule has 0 fully saturated rings. The molecule has 7 aromatic carbocycles. The number of nitrogens with zero attached hydrogens (tertiary/aromatic N) is 4. The molecule has 11 rings (SSSR count). The fourth-order valence-corrected chi connectivity index (χ4v) is 11.0. The van der Waals surface area contributed by atoms with E-state index >= 15 is 0 Å². The van der Waals surface area contributed by atoms with Gasteiger partial charge in [-0.05, 0) is 104 Å². The van der Waals surface area contributed by atoms with Gasteiger partial charge < -0.3 is 19.0 Å². The van der Waals surface area contributed by atoms with Gasteiger partial charge in [0.05, 0.1) is 24.7 Å². The van der Waals surface area contributed by atoms with Gasteiger partial charge >= 0.3 is 0 Å². The molecule has 4 aromatic heterocycles. The van der Waals surface area contributed by atoms with Crippen LogP contribution in [0.1, 0.15) is 82.0 Å². The second-order valence-corrected chi connectivity index (χ2v) is 25.7. The van der Waals surface area contributed by atoms with Crippen molar-refractivity contribution in [1.82, 2.24) is 19.5 Å². The van der Waals surface area contributed by atoms with Crippen LogP contribution in [-0.4, -0.2) is 27.6 Å². The van der Waals surface area contributed by atoms with E-state index in [1.165, 1.54) is 11.4 Å². The summed E-state index contributed by atoms with van der Waals surface area (Å²) in [6, 6.07) is 50.4. The van der Waals surface area contributed by atoms with Crippen LogP contribution < -0.4 is 5.19 Å².